The van der Waals surface area contributed by atoms with Crippen molar-refractivity contribution in [3.8, 4) is 0 Å². The van der Waals surface area contributed by atoms with Gasteiger partial charge in [0, 0.05) is 5.92 Å². The molecule has 1 aliphatic heterocycles. The van der Waals surface area contributed by atoms with E-state index in [2.05, 4.69) is 0 Å². The standard InChI is InChI=1S/C12H14O3/c1-8-2-4-9(5-3-8)10-6-15-7-11(10)12(13)14/h2-5,10-11H,6-7H2,1H3,(H,13,14). The van der Waals surface area contributed by atoms with Crippen LogP contribution in [0.2, 0.25) is 0 Å². The van der Waals surface area contributed by atoms with Crippen molar-refractivity contribution in [3.05, 3.63) is 35.4 Å². The molecule has 1 fully saturated rings. The van der Waals surface area contributed by atoms with Gasteiger partial charge in [-0.15, -0.1) is 0 Å². The lowest BCUT2D eigenvalue weighted by atomic mass is 9.89. The zero-order valence-electron chi connectivity index (χ0n) is 8.64. The molecule has 3 nitrogen and oxygen atoms in total. The van der Waals surface area contributed by atoms with Crippen molar-refractivity contribution in [3.63, 3.8) is 0 Å². The number of rotatable bonds is 2. The first-order valence-corrected chi connectivity index (χ1v) is 5.05. The number of carboxylic acids is 1. The molecule has 2 unspecified atom stereocenters. The van der Waals surface area contributed by atoms with Crippen molar-refractivity contribution in [2.75, 3.05) is 13.2 Å². The topological polar surface area (TPSA) is 46.5 Å². The van der Waals surface area contributed by atoms with E-state index in [-0.39, 0.29) is 5.92 Å². The van der Waals surface area contributed by atoms with E-state index < -0.39 is 11.9 Å². The van der Waals surface area contributed by atoms with Crippen LogP contribution in [0.15, 0.2) is 24.3 Å². The molecule has 0 amide bonds. The van der Waals surface area contributed by atoms with E-state index in [0.717, 1.165) is 5.56 Å². The van der Waals surface area contributed by atoms with Gasteiger partial charge in [0.1, 0.15) is 0 Å². The van der Waals surface area contributed by atoms with Gasteiger partial charge in [0.2, 0.25) is 0 Å². The van der Waals surface area contributed by atoms with E-state index >= 15 is 0 Å². The third-order valence-electron chi connectivity index (χ3n) is 2.90. The number of aryl methyl sites for hydroxylation is 1. The van der Waals surface area contributed by atoms with Crippen molar-refractivity contribution < 1.29 is 14.6 Å². The summed E-state index contributed by atoms with van der Waals surface area (Å²) in [7, 11) is 0. The summed E-state index contributed by atoms with van der Waals surface area (Å²) in [4.78, 5) is 11.0. The number of carboxylic acid groups (broad SMARTS) is 1. The zero-order valence-corrected chi connectivity index (χ0v) is 8.64. The Balaban J connectivity index is 2.22. The lowest BCUT2D eigenvalue weighted by Crippen LogP contribution is -2.20. The van der Waals surface area contributed by atoms with Gasteiger partial charge in [-0.3, -0.25) is 4.79 Å². The van der Waals surface area contributed by atoms with Crippen LogP contribution >= 0.6 is 0 Å². The van der Waals surface area contributed by atoms with Gasteiger partial charge in [-0.1, -0.05) is 29.8 Å². The van der Waals surface area contributed by atoms with E-state index in [0.29, 0.717) is 13.2 Å². The molecule has 1 aliphatic rings. The van der Waals surface area contributed by atoms with Crippen LogP contribution in [0, 0.1) is 12.8 Å². The van der Waals surface area contributed by atoms with Gasteiger partial charge in [-0.25, -0.2) is 0 Å². The highest BCUT2D eigenvalue weighted by Gasteiger charge is 2.34. The predicted octanol–water partition coefficient (Wildman–Crippen LogP) is 1.81. The minimum atomic E-state index is -0.766. The highest BCUT2D eigenvalue weighted by atomic mass is 16.5. The largest absolute Gasteiger partial charge is 0.481 e. The smallest absolute Gasteiger partial charge is 0.309 e. The van der Waals surface area contributed by atoms with E-state index in [9.17, 15) is 4.79 Å². The van der Waals surface area contributed by atoms with E-state index in [1.54, 1.807) is 0 Å². The summed E-state index contributed by atoms with van der Waals surface area (Å²) in [6, 6.07) is 7.99. The van der Waals surface area contributed by atoms with Crippen LogP contribution in [0.5, 0.6) is 0 Å². The minimum Gasteiger partial charge on any atom is -0.481 e. The predicted molar refractivity (Wildman–Crippen MR) is 55.9 cm³/mol. The summed E-state index contributed by atoms with van der Waals surface area (Å²) >= 11 is 0. The fraction of sp³-hybridized carbons (Fsp3) is 0.417. The minimum absolute atomic E-state index is 0.00287. The first-order valence-electron chi connectivity index (χ1n) is 5.05. The Morgan fingerprint density at radius 3 is 2.60 bits per heavy atom. The van der Waals surface area contributed by atoms with Crippen molar-refractivity contribution in [1.29, 1.82) is 0 Å². The van der Waals surface area contributed by atoms with Crippen LogP contribution in [0.1, 0.15) is 17.0 Å². The average Bonchev–Trinajstić information content (AvgIpc) is 2.67. The molecule has 0 saturated carbocycles. The lowest BCUT2D eigenvalue weighted by molar-refractivity contribution is -0.142. The summed E-state index contributed by atoms with van der Waals surface area (Å²) in [6.45, 7) is 2.86. The number of hydrogen-bond acceptors (Lipinski definition) is 2. The molecular weight excluding hydrogens is 192 g/mol. The molecule has 1 N–H and O–H groups in total. The molecule has 0 radical (unpaired) electrons. The molecule has 1 aromatic carbocycles. The van der Waals surface area contributed by atoms with Gasteiger partial charge < -0.3 is 9.84 Å². The lowest BCUT2D eigenvalue weighted by Gasteiger charge is -2.13. The summed E-state index contributed by atoms with van der Waals surface area (Å²) < 4.78 is 5.23. The van der Waals surface area contributed by atoms with Crippen LogP contribution in [0.4, 0.5) is 0 Å². The normalized spacial score (nSPS) is 25.4. The van der Waals surface area contributed by atoms with Gasteiger partial charge in [-0.05, 0) is 12.5 Å². The number of aliphatic carboxylic acids is 1. The molecule has 0 bridgehead atoms. The van der Waals surface area contributed by atoms with Crippen molar-refractivity contribution in [2.45, 2.75) is 12.8 Å². The van der Waals surface area contributed by atoms with Gasteiger partial charge >= 0.3 is 5.97 Å². The molecule has 0 aliphatic carbocycles. The molecule has 1 aromatic rings. The molecule has 0 aromatic heterocycles. The molecule has 0 spiro atoms. The molecule has 2 atom stereocenters. The summed E-state index contributed by atoms with van der Waals surface area (Å²) in [5, 5.41) is 9.02. The molecular formula is C12H14O3. The van der Waals surface area contributed by atoms with Gasteiger partial charge in [0.15, 0.2) is 0 Å². The number of ether oxygens (including phenoxy) is 1. The van der Waals surface area contributed by atoms with E-state index in [1.807, 2.05) is 31.2 Å². The zero-order chi connectivity index (χ0) is 10.8. The fourth-order valence-corrected chi connectivity index (χ4v) is 1.94. The summed E-state index contributed by atoms with van der Waals surface area (Å²) in [5.74, 6) is -1.16. The summed E-state index contributed by atoms with van der Waals surface area (Å²) in [6.07, 6.45) is 0. The van der Waals surface area contributed by atoms with Crippen LogP contribution in [0.25, 0.3) is 0 Å². The Morgan fingerprint density at radius 2 is 2.00 bits per heavy atom. The van der Waals surface area contributed by atoms with Gasteiger partial charge in [0.25, 0.3) is 0 Å². The van der Waals surface area contributed by atoms with Crippen LogP contribution in [-0.2, 0) is 9.53 Å². The number of hydrogen-bond donors (Lipinski definition) is 1. The number of benzene rings is 1. The van der Waals surface area contributed by atoms with Crippen LogP contribution in [0.3, 0.4) is 0 Å². The third kappa shape index (κ3) is 2.02. The first kappa shape index (κ1) is 10.2. The molecule has 2 rings (SSSR count). The van der Waals surface area contributed by atoms with E-state index in [4.69, 9.17) is 9.84 Å². The van der Waals surface area contributed by atoms with Gasteiger partial charge in [-0.2, -0.15) is 0 Å². The van der Waals surface area contributed by atoms with Crippen molar-refractivity contribution in [2.24, 2.45) is 5.92 Å². The monoisotopic (exact) mass is 206 g/mol. The quantitative estimate of drug-likeness (QED) is 0.802. The third-order valence-corrected chi connectivity index (χ3v) is 2.90. The molecule has 15 heavy (non-hydrogen) atoms. The maximum atomic E-state index is 11.0. The Labute approximate surface area is 88.7 Å². The fourth-order valence-electron chi connectivity index (χ4n) is 1.94. The highest BCUT2D eigenvalue weighted by Crippen LogP contribution is 2.31. The second kappa shape index (κ2) is 4.03. The maximum Gasteiger partial charge on any atom is 0.309 e. The second-order valence-corrected chi connectivity index (χ2v) is 4.00. The second-order valence-electron chi connectivity index (χ2n) is 4.00. The molecule has 80 valence electrons. The molecule has 1 heterocycles. The number of carbonyl (C=O) groups is 1. The average molecular weight is 206 g/mol. The SMILES string of the molecule is Cc1ccc(C2COCC2C(=O)O)cc1. The molecule has 1 saturated heterocycles. The Morgan fingerprint density at radius 1 is 1.33 bits per heavy atom. The Hall–Kier alpha value is -1.35. The van der Waals surface area contributed by atoms with Crippen molar-refractivity contribution >= 4 is 5.97 Å². The molecule has 3 heteroatoms. The summed E-state index contributed by atoms with van der Waals surface area (Å²) in [5.41, 5.74) is 2.25. The van der Waals surface area contributed by atoms with Crippen LogP contribution < -0.4 is 0 Å². The highest BCUT2D eigenvalue weighted by molar-refractivity contribution is 5.72. The van der Waals surface area contributed by atoms with Crippen LogP contribution in [-0.4, -0.2) is 24.3 Å². The Kier molecular flexibility index (Phi) is 2.73. The van der Waals surface area contributed by atoms with Crippen molar-refractivity contribution in [1.82, 2.24) is 0 Å². The first-order chi connectivity index (χ1) is 7.18. The maximum absolute atomic E-state index is 11.0. The van der Waals surface area contributed by atoms with E-state index in [1.165, 1.54) is 5.56 Å². The Bertz CT molecular complexity index is 356. The van der Waals surface area contributed by atoms with Gasteiger partial charge in [0.05, 0.1) is 19.1 Å².